The fraction of sp³-hybridized carbons (Fsp3) is 0.235. The van der Waals surface area contributed by atoms with E-state index in [1.54, 1.807) is 18.2 Å². The van der Waals surface area contributed by atoms with Crippen LogP contribution in [0.5, 0.6) is 0 Å². The van der Waals surface area contributed by atoms with Crippen molar-refractivity contribution >= 4 is 17.3 Å². The monoisotopic (exact) mass is 298 g/mol. The lowest BCUT2D eigenvalue weighted by Crippen LogP contribution is -2.05. The molecule has 2 rings (SSSR count). The first-order chi connectivity index (χ1) is 10.5. The van der Waals surface area contributed by atoms with Gasteiger partial charge in [-0.3, -0.25) is 0 Å². The van der Waals surface area contributed by atoms with Crippen molar-refractivity contribution in [3.63, 3.8) is 0 Å². The van der Waals surface area contributed by atoms with Gasteiger partial charge in [0.1, 0.15) is 5.69 Å². The smallest absolute Gasteiger partial charge is 0.337 e. The van der Waals surface area contributed by atoms with Crippen molar-refractivity contribution in [1.82, 2.24) is 0 Å². The Balaban J connectivity index is 2.20. The minimum absolute atomic E-state index is 0.168. The predicted molar refractivity (Wildman–Crippen MR) is 86.2 cm³/mol. The van der Waals surface area contributed by atoms with Crippen LogP contribution in [0.3, 0.4) is 0 Å². The summed E-state index contributed by atoms with van der Waals surface area (Å²) >= 11 is 0. The molecular weight excluding hydrogens is 280 g/mol. The van der Waals surface area contributed by atoms with Gasteiger partial charge >= 0.3 is 5.97 Å². The van der Waals surface area contributed by atoms with Crippen LogP contribution in [0.4, 0.5) is 11.4 Å². The van der Waals surface area contributed by atoms with E-state index in [0.29, 0.717) is 23.4 Å². The molecule has 2 N–H and O–H groups in total. The highest BCUT2D eigenvalue weighted by Crippen LogP contribution is 2.27. The van der Waals surface area contributed by atoms with Crippen molar-refractivity contribution in [1.29, 1.82) is 0 Å². The van der Waals surface area contributed by atoms with E-state index in [1.807, 2.05) is 24.3 Å². The number of methoxy groups -OCH3 is 1. The van der Waals surface area contributed by atoms with Crippen LogP contribution < -0.4 is 5.73 Å². The van der Waals surface area contributed by atoms with Crippen LogP contribution >= 0.6 is 0 Å². The number of nitrogens with two attached hydrogens (primary N) is 1. The maximum atomic E-state index is 11.6. The average Bonchev–Trinajstić information content (AvgIpc) is 2.55. The Bertz CT molecular complexity index is 698. The lowest BCUT2D eigenvalue weighted by atomic mass is 9.92. The van der Waals surface area contributed by atoms with E-state index in [0.717, 1.165) is 11.1 Å². The molecule has 0 aliphatic rings. The number of rotatable bonds is 5. The lowest BCUT2D eigenvalue weighted by molar-refractivity contribution is 0.0600. The molecule has 5 nitrogen and oxygen atoms in total. The third-order valence-electron chi connectivity index (χ3n) is 3.64. The molecule has 0 saturated heterocycles. The van der Waals surface area contributed by atoms with Gasteiger partial charge in [-0.2, -0.15) is 0 Å². The second kappa shape index (κ2) is 6.85. The highest BCUT2D eigenvalue weighted by atomic mass is 16.5. The molecule has 0 aliphatic heterocycles. The van der Waals surface area contributed by atoms with Gasteiger partial charge in [-0.05, 0) is 52.9 Å². The van der Waals surface area contributed by atoms with Crippen LogP contribution in [0.25, 0.3) is 0 Å². The van der Waals surface area contributed by atoms with Crippen LogP contribution in [0.2, 0.25) is 0 Å². The fourth-order valence-electron chi connectivity index (χ4n) is 2.36. The Hall–Kier alpha value is -2.69. The molecule has 0 aliphatic carbocycles. The molecule has 2 aromatic rings. The summed E-state index contributed by atoms with van der Waals surface area (Å²) in [5.74, 6) is -0.183. The summed E-state index contributed by atoms with van der Waals surface area (Å²) in [7, 11) is 1.36. The van der Waals surface area contributed by atoms with E-state index in [-0.39, 0.29) is 11.9 Å². The zero-order chi connectivity index (χ0) is 16.1. The largest absolute Gasteiger partial charge is 0.465 e. The normalized spacial score (nSPS) is 11.7. The number of ether oxygens (including phenoxy) is 1. The minimum atomic E-state index is -0.352. The van der Waals surface area contributed by atoms with Crippen molar-refractivity contribution in [3.05, 3.63) is 64.1 Å². The van der Waals surface area contributed by atoms with E-state index in [1.165, 1.54) is 7.11 Å². The number of nitroso groups, excluding NO2 is 1. The minimum Gasteiger partial charge on any atom is -0.465 e. The number of nitrogens with zero attached hydrogens (tertiary/aromatic N) is 1. The van der Waals surface area contributed by atoms with Crippen LogP contribution in [-0.4, -0.2) is 13.1 Å². The van der Waals surface area contributed by atoms with E-state index >= 15 is 0 Å². The number of carbonyl (C=O) groups excluding carboxylic acids is 1. The Morgan fingerprint density at radius 1 is 1.27 bits per heavy atom. The van der Waals surface area contributed by atoms with Gasteiger partial charge in [0, 0.05) is 5.69 Å². The molecule has 0 spiro atoms. The first-order valence-corrected chi connectivity index (χ1v) is 6.95. The fourth-order valence-corrected chi connectivity index (χ4v) is 2.36. The summed E-state index contributed by atoms with van der Waals surface area (Å²) in [6, 6.07) is 12.4. The van der Waals surface area contributed by atoms with E-state index in [2.05, 4.69) is 12.1 Å². The number of carbonyl (C=O) groups is 1. The first-order valence-electron chi connectivity index (χ1n) is 6.95. The van der Waals surface area contributed by atoms with Crippen LogP contribution in [0.1, 0.15) is 34.3 Å². The zero-order valence-corrected chi connectivity index (χ0v) is 12.6. The molecule has 114 valence electrons. The van der Waals surface area contributed by atoms with E-state index < -0.39 is 0 Å². The van der Waals surface area contributed by atoms with Crippen LogP contribution in [0, 0.1) is 4.91 Å². The van der Waals surface area contributed by atoms with E-state index in [9.17, 15) is 9.70 Å². The summed E-state index contributed by atoms with van der Waals surface area (Å²) < 4.78 is 4.73. The molecule has 1 atom stereocenters. The highest BCUT2D eigenvalue weighted by molar-refractivity contribution is 5.89. The molecule has 22 heavy (non-hydrogen) atoms. The Morgan fingerprint density at radius 3 is 2.68 bits per heavy atom. The third-order valence-corrected chi connectivity index (χ3v) is 3.64. The highest BCUT2D eigenvalue weighted by Gasteiger charge is 2.12. The molecule has 0 radical (unpaired) electrons. The van der Waals surface area contributed by atoms with Gasteiger partial charge in [0.05, 0.1) is 12.7 Å². The Kier molecular flexibility index (Phi) is 4.88. The van der Waals surface area contributed by atoms with Crippen molar-refractivity contribution < 1.29 is 9.53 Å². The molecule has 5 heteroatoms. The van der Waals surface area contributed by atoms with Gasteiger partial charge in [-0.15, -0.1) is 4.91 Å². The maximum absolute atomic E-state index is 11.6. The summed E-state index contributed by atoms with van der Waals surface area (Å²) in [6.45, 7) is 2.06. The average molecular weight is 298 g/mol. The van der Waals surface area contributed by atoms with Gasteiger partial charge in [0.15, 0.2) is 0 Å². The molecule has 2 aromatic carbocycles. The summed E-state index contributed by atoms with van der Waals surface area (Å²) in [4.78, 5) is 22.1. The van der Waals surface area contributed by atoms with Gasteiger partial charge in [-0.25, -0.2) is 4.79 Å². The number of hydrogen-bond acceptors (Lipinski definition) is 5. The Labute approximate surface area is 129 Å². The molecule has 1 unspecified atom stereocenters. The standard InChI is InChI=1S/C17H18N2O3/c1-11(8-13-6-7-15(19-21)10-16(13)18)12-4-3-5-14(9-12)17(20)22-2/h3-7,9-11H,8,18H2,1-2H3. The topological polar surface area (TPSA) is 81.8 Å². The van der Waals surface area contributed by atoms with Crippen molar-refractivity contribution in [2.75, 3.05) is 12.8 Å². The predicted octanol–water partition coefficient (Wildman–Crippen LogP) is 3.80. The maximum Gasteiger partial charge on any atom is 0.337 e. The quantitative estimate of drug-likeness (QED) is 0.517. The molecular formula is C17H18N2O3. The number of esters is 1. The third kappa shape index (κ3) is 3.49. The van der Waals surface area contributed by atoms with Gasteiger partial charge in [0.2, 0.25) is 0 Å². The van der Waals surface area contributed by atoms with Crippen molar-refractivity contribution in [2.24, 2.45) is 5.18 Å². The summed E-state index contributed by atoms with van der Waals surface area (Å²) in [5, 5.41) is 2.87. The lowest BCUT2D eigenvalue weighted by Gasteiger charge is -2.14. The number of hydrogen-bond donors (Lipinski definition) is 1. The number of anilines is 1. The molecule has 0 heterocycles. The van der Waals surface area contributed by atoms with Crippen molar-refractivity contribution in [2.45, 2.75) is 19.3 Å². The molecule has 0 saturated carbocycles. The van der Waals surface area contributed by atoms with Gasteiger partial charge in [-0.1, -0.05) is 25.1 Å². The second-order valence-electron chi connectivity index (χ2n) is 5.20. The van der Waals surface area contributed by atoms with Gasteiger partial charge < -0.3 is 10.5 Å². The molecule has 0 aromatic heterocycles. The molecule has 0 fully saturated rings. The van der Waals surface area contributed by atoms with E-state index in [4.69, 9.17) is 10.5 Å². The SMILES string of the molecule is COC(=O)c1cccc(C(C)Cc2ccc(N=O)cc2N)c1. The first kappa shape index (κ1) is 15.7. The van der Waals surface area contributed by atoms with Crippen LogP contribution in [-0.2, 0) is 11.2 Å². The second-order valence-corrected chi connectivity index (χ2v) is 5.20. The van der Waals surface area contributed by atoms with Gasteiger partial charge in [0.25, 0.3) is 0 Å². The zero-order valence-electron chi connectivity index (χ0n) is 12.6. The molecule has 0 bridgehead atoms. The molecule has 0 amide bonds. The summed E-state index contributed by atoms with van der Waals surface area (Å²) in [5.41, 5.74) is 9.32. The van der Waals surface area contributed by atoms with Crippen LogP contribution in [0.15, 0.2) is 47.6 Å². The summed E-state index contributed by atoms with van der Waals surface area (Å²) in [6.07, 6.45) is 0.704. The number of benzene rings is 2. The number of nitrogen functional groups attached to an aromatic ring is 1. The Morgan fingerprint density at radius 2 is 2.05 bits per heavy atom. The van der Waals surface area contributed by atoms with Crippen molar-refractivity contribution in [3.8, 4) is 0 Å².